The van der Waals surface area contributed by atoms with Gasteiger partial charge in [-0.2, -0.15) is 4.98 Å². The van der Waals surface area contributed by atoms with E-state index in [1.165, 1.54) is 10.8 Å². The predicted molar refractivity (Wildman–Crippen MR) is 89.3 cm³/mol. The molecule has 0 saturated carbocycles. The molecule has 2 rings (SSSR count). The van der Waals surface area contributed by atoms with Gasteiger partial charge in [-0.25, -0.2) is 14.2 Å². The lowest BCUT2D eigenvalue weighted by molar-refractivity contribution is -0.0355. The molecule has 0 radical (unpaired) electrons. The first-order chi connectivity index (χ1) is 11.6. The second kappa shape index (κ2) is 8.89. The highest BCUT2D eigenvalue weighted by atomic mass is 19.1. The largest absolute Gasteiger partial charge is 0.394 e. The maximum absolute atomic E-state index is 13.6. The van der Waals surface area contributed by atoms with Gasteiger partial charge < -0.3 is 14.7 Å². The Morgan fingerprint density at radius 1 is 1.50 bits per heavy atom. The summed E-state index contributed by atoms with van der Waals surface area (Å²) in [5.41, 5.74) is -0.544. The smallest absolute Gasteiger partial charge is 0.351 e. The average molecular weight is 340 g/mol. The van der Waals surface area contributed by atoms with E-state index in [1.54, 1.807) is 12.4 Å². The summed E-state index contributed by atoms with van der Waals surface area (Å²) >= 11 is 0. The van der Waals surface area contributed by atoms with Crippen molar-refractivity contribution in [3.8, 4) is 0 Å². The summed E-state index contributed by atoms with van der Waals surface area (Å²) in [4.78, 5) is 22.3. The van der Waals surface area contributed by atoms with Gasteiger partial charge in [0.1, 0.15) is 18.5 Å². The molecule has 1 aliphatic rings. The minimum Gasteiger partial charge on any atom is -0.394 e. The van der Waals surface area contributed by atoms with Gasteiger partial charge in [-0.1, -0.05) is 13.8 Å². The van der Waals surface area contributed by atoms with Gasteiger partial charge in [-0.15, -0.1) is 0 Å². The van der Waals surface area contributed by atoms with E-state index in [-0.39, 0.29) is 6.42 Å². The molecule has 0 aliphatic carbocycles. The Morgan fingerprint density at radius 3 is 2.75 bits per heavy atom. The Kier molecular flexibility index (Phi) is 6.86. The fourth-order valence-electron chi connectivity index (χ4n) is 2.66. The van der Waals surface area contributed by atoms with Crippen LogP contribution in [0.3, 0.4) is 0 Å². The Morgan fingerprint density at radius 2 is 2.21 bits per heavy atom. The topological polar surface area (TPSA) is 80.0 Å². The lowest BCUT2D eigenvalue weighted by Gasteiger charge is -2.17. The van der Waals surface area contributed by atoms with E-state index >= 15 is 0 Å². The van der Waals surface area contributed by atoms with Crippen LogP contribution in [0.25, 0.3) is 0 Å². The maximum atomic E-state index is 13.6. The summed E-state index contributed by atoms with van der Waals surface area (Å²) < 4.78 is 20.2. The molecule has 1 N–H and O–H groups in total. The number of ether oxygens (including phenoxy) is 1. The van der Waals surface area contributed by atoms with Crippen LogP contribution in [0, 0.1) is 0 Å². The van der Waals surface area contributed by atoms with Crippen molar-refractivity contribution in [2.45, 2.75) is 51.6 Å². The molecule has 0 amide bonds. The molecule has 134 valence electrons. The van der Waals surface area contributed by atoms with Crippen LogP contribution in [0.2, 0.25) is 0 Å². The van der Waals surface area contributed by atoms with Crippen molar-refractivity contribution in [2.75, 3.05) is 19.7 Å². The second-order valence-corrected chi connectivity index (χ2v) is 5.82. The van der Waals surface area contributed by atoms with Crippen LogP contribution < -0.4 is 5.69 Å². The van der Waals surface area contributed by atoms with Crippen LogP contribution in [-0.2, 0) is 4.74 Å². The molecule has 1 aromatic heterocycles. The molecule has 2 heterocycles. The average Bonchev–Trinajstić information content (AvgIpc) is 2.93. The zero-order valence-electron chi connectivity index (χ0n) is 14.1. The van der Waals surface area contributed by atoms with Crippen LogP contribution in [0.1, 0.15) is 39.3 Å². The lowest BCUT2D eigenvalue weighted by atomic mass is 10.2. The predicted octanol–water partition coefficient (Wildman–Crippen LogP) is 1.64. The van der Waals surface area contributed by atoms with Crippen molar-refractivity contribution in [1.29, 1.82) is 0 Å². The van der Waals surface area contributed by atoms with Gasteiger partial charge >= 0.3 is 5.69 Å². The Bertz CT molecular complexity index is 601. The summed E-state index contributed by atoms with van der Waals surface area (Å²) in [6.45, 7) is 5.56. The highest BCUT2D eigenvalue weighted by Gasteiger charge is 2.36. The molecule has 1 aromatic rings. The van der Waals surface area contributed by atoms with Crippen LogP contribution >= 0.6 is 0 Å². The van der Waals surface area contributed by atoms with E-state index in [2.05, 4.69) is 28.7 Å². The fraction of sp³-hybridized carbons (Fsp3) is 0.688. The van der Waals surface area contributed by atoms with Crippen molar-refractivity contribution >= 4 is 12.2 Å². The Balaban J connectivity index is 2.08. The molecule has 1 saturated heterocycles. The second-order valence-electron chi connectivity index (χ2n) is 5.82. The minimum atomic E-state index is -1.29. The molecule has 0 aromatic carbocycles. The van der Waals surface area contributed by atoms with Crippen molar-refractivity contribution in [1.82, 2.24) is 14.5 Å². The number of aliphatic hydroxyl groups is 1. The SMILES string of the molecule is CCCN(C=Nc1ccn(C2CC(F)C(CO)O2)c(=O)n1)CCC. The number of aromatic nitrogens is 2. The highest BCUT2D eigenvalue weighted by molar-refractivity contribution is 5.59. The summed E-state index contributed by atoms with van der Waals surface area (Å²) in [5.74, 6) is 0.307. The van der Waals surface area contributed by atoms with E-state index in [0.29, 0.717) is 5.82 Å². The number of nitrogens with zero attached hydrogens (tertiary/aromatic N) is 4. The summed E-state index contributed by atoms with van der Waals surface area (Å²) in [7, 11) is 0. The van der Waals surface area contributed by atoms with Crippen LogP contribution in [0.15, 0.2) is 22.1 Å². The number of hydrogen-bond acceptors (Lipinski definition) is 5. The standard InChI is InChI=1S/C16H25FN4O3/c1-3-6-20(7-4-2)11-18-14-5-8-21(16(23)19-14)15-9-12(17)13(10-22)24-15/h5,8,11-13,15,22H,3-4,6-7,9-10H2,1-2H3. The number of aliphatic imine (C=N–C) groups is 1. The fourth-order valence-corrected chi connectivity index (χ4v) is 2.66. The van der Waals surface area contributed by atoms with Crippen LogP contribution in [0.5, 0.6) is 0 Å². The Labute approximate surface area is 140 Å². The zero-order valence-corrected chi connectivity index (χ0v) is 14.1. The molecule has 3 unspecified atom stereocenters. The van der Waals surface area contributed by atoms with Gasteiger partial charge in [-0.05, 0) is 18.9 Å². The maximum Gasteiger partial charge on any atom is 0.351 e. The number of hydrogen-bond donors (Lipinski definition) is 1. The lowest BCUT2D eigenvalue weighted by Crippen LogP contribution is -2.27. The molecule has 7 nitrogen and oxygen atoms in total. The van der Waals surface area contributed by atoms with Crippen molar-refractivity contribution in [3.05, 3.63) is 22.7 Å². The van der Waals surface area contributed by atoms with Crippen molar-refractivity contribution in [2.24, 2.45) is 4.99 Å². The normalized spacial score (nSPS) is 23.9. The van der Waals surface area contributed by atoms with Gasteiger partial charge in [0.05, 0.1) is 12.9 Å². The van der Waals surface area contributed by atoms with Gasteiger partial charge in [0, 0.05) is 25.7 Å². The van der Waals surface area contributed by atoms with Gasteiger partial charge in [0.2, 0.25) is 0 Å². The highest BCUT2D eigenvalue weighted by Crippen LogP contribution is 2.29. The van der Waals surface area contributed by atoms with E-state index in [1.807, 2.05) is 0 Å². The van der Waals surface area contributed by atoms with E-state index < -0.39 is 30.8 Å². The minimum absolute atomic E-state index is 0.0240. The molecule has 1 aliphatic heterocycles. The monoisotopic (exact) mass is 340 g/mol. The van der Waals surface area contributed by atoms with Crippen LogP contribution in [0.4, 0.5) is 10.2 Å². The summed E-state index contributed by atoms with van der Waals surface area (Å²) in [6.07, 6.45) is 2.32. The summed E-state index contributed by atoms with van der Waals surface area (Å²) in [6, 6.07) is 1.59. The van der Waals surface area contributed by atoms with Crippen LogP contribution in [-0.4, -0.2) is 57.9 Å². The van der Waals surface area contributed by atoms with Crippen molar-refractivity contribution < 1.29 is 14.2 Å². The molecule has 24 heavy (non-hydrogen) atoms. The third-order valence-corrected chi connectivity index (χ3v) is 3.84. The first kappa shape index (κ1) is 18.5. The van der Waals surface area contributed by atoms with Gasteiger partial charge in [-0.3, -0.25) is 4.57 Å². The van der Waals surface area contributed by atoms with E-state index in [9.17, 15) is 9.18 Å². The van der Waals surface area contributed by atoms with Gasteiger partial charge in [0.25, 0.3) is 0 Å². The molecule has 1 fully saturated rings. The molecule has 8 heteroatoms. The molecule has 0 spiro atoms. The number of alkyl halides is 1. The van der Waals surface area contributed by atoms with Gasteiger partial charge in [0.15, 0.2) is 5.82 Å². The molecular formula is C16H25FN4O3. The van der Waals surface area contributed by atoms with E-state index in [0.717, 1.165) is 25.9 Å². The number of halogens is 1. The number of aliphatic hydroxyl groups excluding tert-OH is 1. The quantitative estimate of drug-likeness (QED) is 0.575. The van der Waals surface area contributed by atoms with Crippen molar-refractivity contribution in [3.63, 3.8) is 0 Å². The molecule has 3 atom stereocenters. The van der Waals surface area contributed by atoms with E-state index in [4.69, 9.17) is 9.84 Å². The molecular weight excluding hydrogens is 315 g/mol. The third-order valence-electron chi connectivity index (χ3n) is 3.84. The number of rotatable bonds is 8. The Hall–Kier alpha value is -1.80. The zero-order chi connectivity index (χ0) is 17.5. The first-order valence-electron chi connectivity index (χ1n) is 8.36. The molecule has 0 bridgehead atoms. The summed E-state index contributed by atoms with van der Waals surface area (Å²) in [5, 5.41) is 9.03. The first-order valence-corrected chi connectivity index (χ1v) is 8.36. The third kappa shape index (κ3) is 4.61.